The van der Waals surface area contributed by atoms with E-state index >= 15 is 0 Å². The summed E-state index contributed by atoms with van der Waals surface area (Å²) in [7, 11) is -2.50. The van der Waals surface area contributed by atoms with Gasteiger partial charge in [-0.1, -0.05) is 81.4 Å². The standard InChI is InChI=1S/C21H28N2O2Si/c1-21(2,3)26(18-10-6-4-7-11-18,19-12-8-5-9-13-19)25-17-16-23-15-14-22-20(23)24/h4-13H,14-17H2,1-3H3,(H,22,24). The Balaban J connectivity index is 1.96. The van der Waals surface area contributed by atoms with Crippen molar-refractivity contribution in [3.8, 4) is 0 Å². The van der Waals surface area contributed by atoms with Crippen LogP contribution >= 0.6 is 0 Å². The fourth-order valence-corrected chi connectivity index (χ4v) is 8.35. The van der Waals surface area contributed by atoms with Crippen LogP contribution in [0.4, 0.5) is 4.79 Å². The molecule has 2 aromatic rings. The highest BCUT2D eigenvalue weighted by Crippen LogP contribution is 2.36. The van der Waals surface area contributed by atoms with Gasteiger partial charge < -0.3 is 14.6 Å². The highest BCUT2D eigenvalue weighted by molar-refractivity contribution is 6.99. The first-order chi connectivity index (χ1) is 12.4. The normalized spacial score (nSPS) is 15.2. The third-order valence-electron chi connectivity index (χ3n) is 5.04. The molecule has 1 fully saturated rings. The van der Waals surface area contributed by atoms with E-state index in [2.05, 4.69) is 74.6 Å². The summed E-state index contributed by atoms with van der Waals surface area (Å²) < 4.78 is 6.79. The predicted molar refractivity (Wildman–Crippen MR) is 109 cm³/mol. The van der Waals surface area contributed by atoms with Gasteiger partial charge in [0.15, 0.2) is 0 Å². The monoisotopic (exact) mass is 368 g/mol. The number of benzene rings is 2. The van der Waals surface area contributed by atoms with Crippen LogP contribution in [0.25, 0.3) is 0 Å². The van der Waals surface area contributed by atoms with Gasteiger partial charge in [0.25, 0.3) is 8.32 Å². The van der Waals surface area contributed by atoms with Gasteiger partial charge in [0.1, 0.15) is 0 Å². The van der Waals surface area contributed by atoms with Gasteiger partial charge in [0.05, 0.1) is 6.61 Å². The molecule has 1 aliphatic heterocycles. The summed E-state index contributed by atoms with van der Waals surface area (Å²) in [4.78, 5) is 13.7. The minimum absolute atomic E-state index is 0.0102. The molecule has 2 amide bonds. The fourth-order valence-electron chi connectivity index (χ4n) is 3.80. The number of nitrogens with zero attached hydrogens (tertiary/aromatic N) is 1. The summed E-state index contributed by atoms with van der Waals surface area (Å²) in [6.45, 7) is 9.43. The van der Waals surface area contributed by atoms with Crippen molar-refractivity contribution in [2.24, 2.45) is 0 Å². The maximum atomic E-state index is 11.8. The molecule has 0 spiro atoms. The zero-order valence-electron chi connectivity index (χ0n) is 15.9. The zero-order chi connectivity index (χ0) is 18.6. The van der Waals surface area contributed by atoms with E-state index in [0.717, 1.165) is 13.1 Å². The number of carbonyl (C=O) groups is 1. The van der Waals surface area contributed by atoms with Crippen molar-refractivity contribution >= 4 is 24.7 Å². The summed E-state index contributed by atoms with van der Waals surface area (Å²) in [6.07, 6.45) is 0. The van der Waals surface area contributed by atoms with Gasteiger partial charge in [-0.3, -0.25) is 0 Å². The molecular formula is C21H28N2O2Si. The highest BCUT2D eigenvalue weighted by atomic mass is 28.4. The Morgan fingerprint density at radius 1 is 1.00 bits per heavy atom. The van der Waals surface area contributed by atoms with Crippen molar-refractivity contribution < 1.29 is 9.22 Å². The Morgan fingerprint density at radius 3 is 1.96 bits per heavy atom. The Labute approximate surface area is 157 Å². The van der Waals surface area contributed by atoms with Crippen LogP contribution in [0, 0.1) is 0 Å². The van der Waals surface area contributed by atoms with Crippen LogP contribution in [0.1, 0.15) is 20.8 Å². The van der Waals surface area contributed by atoms with E-state index in [4.69, 9.17) is 4.43 Å². The van der Waals surface area contributed by atoms with Gasteiger partial charge >= 0.3 is 6.03 Å². The van der Waals surface area contributed by atoms with Crippen LogP contribution in [-0.4, -0.2) is 45.5 Å². The van der Waals surface area contributed by atoms with Crippen LogP contribution in [0.2, 0.25) is 5.04 Å². The SMILES string of the molecule is CC(C)(C)[Si](OCCN1CCNC1=O)(c1ccccc1)c1ccccc1. The molecule has 3 rings (SSSR count). The summed E-state index contributed by atoms with van der Waals surface area (Å²) in [5.74, 6) is 0. The Bertz CT molecular complexity index is 689. The molecule has 5 heteroatoms. The van der Waals surface area contributed by atoms with Gasteiger partial charge in [-0.2, -0.15) is 0 Å². The van der Waals surface area contributed by atoms with Crippen LogP contribution in [0.3, 0.4) is 0 Å². The molecule has 0 aromatic heterocycles. The molecule has 1 heterocycles. The molecule has 1 N–H and O–H groups in total. The topological polar surface area (TPSA) is 41.6 Å². The molecule has 0 unspecified atom stereocenters. The number of urea groups is 1. The number of amides is 2. The van der Waals surface area contributed by atoms with Crippen molar-refractivity contribution in [1.29, 1.82) is 0 Å². The van der Waals surface area contributed by atoms with Crippen molar-refractivity contribution in [2.75, 3.05) is 26.2 Å². The number of hydrogen-bond donors (Lipinski definition) is 1. The fraction of sp³-hybridized carbons (Fsp3) is 0.381. The van der Waals surface area contributed by atoms with Gasteiger partial charge in [0.2, 0.25) is 0 Å². The van der Waals surface area contributed by atoms with Gasteiger partial charge in [-0.15, -0.1) is 0 Å². The summed E-state index contributed by atoms with van der Waals surface area (Å²) in [6, 6.07) is 21.2. The first-order valence-electron chi connectivity index (χ1n) is 9.23. The predicted octanol–water partition coefficient (Wildman–Crippen LogP) is 2.59. The van der Waals surface area contributed by atoms with E-state index in [1.54, 1.807) is 0 Å². The third kappa shape index (κ3) is 3.55. The van der Waals surface area contributed by atoms with E-state index in [9.17, 15) is 4.79 Å². The number of hydrogen-bond acceptors (Lipinski definition) is 2. The third-order valence-corrected chi connectivity index (χ3v) is 10.1. The molecular weight excluding hydrogens is 340 g/mol. The largest absolute Gasteiger partial charge is 0.406 e. The van der Waals surface area contributed by atoms with E-state index in [0.29, 0.717) is 13.2 Å². The van der Waals surface area contributed by atoms with Gasteiger partial charge in [0, 0.05) is 19.6 Å². The van der Waals surface area contributed by atoms with Crippen molar-refractivity contribution in [3.63, 3.8) is 0 Å². The summed E-state index contributed by atoms with van der Waals surface area (Å²) >= 11 is 0. The second kappa shape index (κ2) is 7.64. The van der Waals surface area contributed by atoms with E-state index in [1.165, 1.54) is 10.4 Å². The Morgan fingerprint density at radius 2 is 1.54 bits per heavy atom. The second-order valence-corrected chi connectivity index (χ2v) is 12.0. The number of rotatable bonds is 6. The van der Waals surface area contributed by atoms with Gasteiger partial charge in [-0.05, 0) is 15.4 Å². The average Bonchev–Trinajstić information content (AvgIpc) is 3.04. The molecule has 2 aromatic carbocycles. The molecule has 0 atom stereocenters. The van der Waals surface area contributed by atoms with Crippen molar-refractivity contribution in [2.45, 2.75) is 25.8 Å². The quantitative estimate of drug-likeness (QED) is 0.797. The van der Waals surface area contributed by atoms with E-state index < -0.39 is 8.32 Å². The lowest BCUT2D eigenvalue weighted by molar-refractivity contribution is 0.200. The molecule has 138 valence electrons. The molecule has 0 saturated carbocycles. The Kier molecular flexibility index (Phi) is 5.49. The second-order valence-electron chi connectivity index (χ2n) is 7.73. The molecule has 0 radical (unpaired) electrons. The first kappa shape index (κ1) is 18.7. The molecule has 4 nitrogen and oxygen atoms in total. The molecule has 0 bridgehead atoms. The lowest BCUT2D eigenvalue weighted by atomic mass is 10.2. The zero-order valence-corrected chi connectivity index (χ0v) is 16.9. The minimum Gasteiger partial charge on any atom is -0.406 e. The summed E-state index contributed by atoms with van der Waals surface area (Å²) in [5, 5.41) is 5.35. The summed E-state index contributed by atoms with van der Waals surface area (Å²) in [5.41, 5.74) is 0. The smallest absolute Gasteiger partial charge is 0.317 e. The average molecular weight is 369 g/mol. The highest BCUT2D eigenvalue weighted by Gasteiger charge is 2.50. The van der Waals surface area contributed by atoms with E-state index in [-0.39, 0.29) is 11.1 Å². The molecule has 1 saturated heterocycles. The van der Waals surface area contributed by atoms with Crippen molar-refractivity contribution in [3.05, 3.63) is 60.7 Å². The van der Waals surface area contributed by atoms with Crippen LogP contribution in [0.15, 0.2) is 60.7 Å². The van der Waals surface area contributed by atoms with Crippen LogP contribution in [0.5, 0.6) is 0 Å². The minimum atomic E-state index is -2.50. The lowest BCUT2D eigenvalue weighted by Crippen LogP contribution is -2.67. The first-order valence-corrected chi connectivity index (χ1v) is 11.1. The maximum Gasteiger partial charge on any atom is 0.317 e. The van der Waals surface area contributed by atoms with E-state index in [1.807, 2.05) is 17.0 Å². The number of nitrogens with one attached hydrogen (secondary N) is 1. The maximum absolute atomic E-state index is 11.8. The molecule has 0 aliphatic carbocycles. The van der Waals surface area contributed by atoms with Crippen molar-refractivity contribution in [1.82, 2.24) is 10.2 Å². The Hall–Kier alpha value is -2.11. The van der Waals surface area contributed by atoms with Crippen LogP contribution < -0.4 is 15.7 Å². The van der Waals surface area contributed by atoms with Gasteiger partial charge in [-0.25, -0.2) is 4.79 Å². The lowest BCUT2D eigenvalue weighted by Gasteiger charge is -2.43. The number of carbonyl (C=O) groups excluding carboxylic acids is 1. The molecule has 1 aliphatic rings. The molecule has 26 heavy (non-hydrogen) atoms. The van der Waals surface area contributed by atoms with Crippen LogP contribution in [-0.2, 0) is 4.43 Å².